The van der Waals surface area contributed by atoms with Crippen LogP contribution in [0.1, 0.15) is 39.0 Å². The van der Waals surface area contributed by atoms with Crippen molar-refractivity contribution in [2.75, 3.05) is 17.6 Å². The molecule has 1 aliphatic carbocycles. The third-order valence-electron chi connectivity index (χ3n) is 4.03. The monoisotopic (exact) mass is 284 g/mol. The third-order valence-corrected chi connectivity index (χ3v) is 4.33. The minimum atomic E-state index is -0.671. The van der Waals surface area contributed by atoms with Crippen LogP contribution in [-0.4, -0.2) is 27.2 Å². The Morgan fingerprint density at radius 3 is 2.79 bits per heavy atom. The zero-order chi connectivity index (χ0) is 13.9. The smallest absolute Gasteiger partial charge is 0.157 e. The Morgan fingerprint density at radius 2 is 2.16 bits per heavy atom. The van der Waals surface area contributed by atoms with Crippen LogP contribution in [0.2, 0.25) is 5.15 Å². The van der Waals surface area contributed by atoms with E-state index in [1.807, 2.05) is 0 Å². The number of anilines is 2. The summed E-state index contributed by atoms with van der Waals surface area (Å²) in [6.45, 7) is 2.65. The van der Waals surface area contributed by atoms with Crippen molar-refractivity contribution in [1.29, 1.82) is 0 Å². The lowest BCUT2D eigenvalue weighted by Gasteiger charge is -2.36. The molecule has 5 nitrogen and oxygen atoms in total. The number of hydrogen-bond acceptors (Lipinski definition) is 5. The van der Waals surface area contributed by atoms with Gasteiger partial charge in [-0.2, -0.15) is 0 Å². The fourth-order valence-electron chi connectivity index (χ4n) is 2.56. The van der Waals surface area contributed by atoms with Crippen LogP contribution >= 0.6 is 11.6 Å². The number of nitrogen functional groups attached to an aromatic ring is 1. The predicted molar refractivity (Wildman–Crippen MR) is 77.1 cm³/mol. The van der Waals surface area contributed by atoms with Gasteiger partial charge in [-0.05, 0) is 31.6 Å². The molecule has 0 aliphatic heterocycles. The second kappa shape index (κ2) is 5.92. The van der Waals surface area contributed by atoms with E-state index in [4.69, 9.17) is 17.3 Å². The molecule has 6 heteroatoms. The standard InChI is InChI=1S/C13H21ClN4O/c1-2-9-3-5-13(19,6-4-9)7-16-12-10(15)11(14)17-8-18-12/h8-9,19H,2-7,15H2,1H3,(H,16,17,18). The van der Waals surface area contributed by atoms with Gasteiger partial charge in [0.1, 0.15) is 12.0 Å². The number of rotatable bonds is 4. The average Bonchev–Trinajstić information content (AvgIpc) is 2.41. The van der Waals surface area contributed by atoms with E-state index >= 15 is 0 Å². The van der Waals surface area contributed by atoms with Gasteiger partial charge in [0, 0.05) is 6.54 Å². The molecule has 0 amide bonds. The van der Waals surface area contributed by atoms with Crippen molar-refractivity contribution < 1.29 is 5.11 Å². The van der Waals surface area contributed by atoms with E-state index in [0.717, 1.165) is 31.6 Å². The molecule has 0 spiro atoms. The Bertz CT molecular complexity index is 433. The lowest BCUT2D eigenvalue weighted by molar-refractivity contribution is 0.00224. The second-order valence-electron chi connectivity index (χ2n) is 5.36. The molecule has 1 heterocycles. The molecule has 2 rings (SSSR count). The first-order valence-corrected chi connectivity index (χ1v) is 7.14. The number of aliphatic hydroxyl groups is 1. The molecular formula is C13H21ClN4O. The van der Waals surface area contributed by atoms with Crippen molar-refractivity contribution in [3.8, 4) is 0 Å². The van der Waals surface area contributed by atoms with Crippen LogP contribution in [0.3, 0.4) is 0 Å². The molecule has 1 fully saturated rings. The molecule has 1 saturated carbocycles. The first-order chi connectivity index (χ1) is 9.04. The normalized spacial score (nSPS) is 27.2. The maximum absolute atomic E-state index is 10.5. The Balaban J connectivity index is 1.93. The first kappa shape index (κ1) is 14.3. The number of halogens is 1. The maximum atomic E-state index is 10.5. The lowest BCUT2D eigenvalue weighted by Crippen LogP contribution is -2.40. The van der Waals surface area contributed by atoms with E-state index in [1.165, 1.54) is 12.7 Å². The average molecular weight is 285 g/mol. The Morgan fingerprint density at radius 1 is 1.47 bits per heavy atom. The summed E-state index contributed by atoms with van der Waals surface area (Å²) in [6.07, 6.45) is 6.34. The highest BCUT2D eigenvalue weighted by Gasteiger charge is 2.32. The number of nitrogens with one attached hydrogen (secondary N) is 1. The van der Waals surface area contributed by atoms with Crippen LogP contribution in [0.15, 0.2) is 6.33 Å². The molecule has 0 aromatic carbocycles. The molecule has 4 N–H and O–H groups in total. The summed E-state index contributed by atoms with van der Waals surface area (Å²) in [5.41, 5.74) is 5.44. The first-order valence-electron chi connectivity index (χ1n) is 6.76. The molecule has 1 aromatic heterocycles. The van der Waals surface area contributed by atoms with Crippen LogP contribution in [0.5, 0.6) is 0 Å². The van der Waals surface area contributed by atoms with Gasteiger partial charge in [-0.25, -0.2) is 9.97 Å². The van der Waals surface area contributed by atoms with E-state index in [0.29, 0.717) is 18.1 Å². The van der Waals surface area contributed by atoms with Gasteiger partial charge in [0.2, 0.25) is 0 Å². The third kappa shape index (κ3) is 3.48. The minimum absolute atomic E-state index is 0.235. The van der Waals surface area contributed by atoms with E-state index in [-0.39, 0.29) is 5.15 Å². The van der Waals surface area contributed by atoms with Crippen molar-refractivity contribution in [3.05, 3.63) is 11.5 Å². The Hall–Kier alpha value is -1.07. The van der Waals surface area contributed by atoms with Gasteiger partial charge in [0.25, 0.3) is 0 Å². The summed E-state index contributed by atoms with van der Waals surface area (Å²) in [4.78, 5) is 7.84. The zero-order valence-corrected chi connectivity index (χ0v) is 12.0. The van der Waals surface area contributed by atoms with Crippen molar-refractivity contribution in [3.63, 3.8) is 0 Å². The van der Waals surface area contributed by atoms with Gasteiger partial charge >= 0.3 is 0 Å². The van der Waals surface area contributed by atoms with Gasteiger partial charge in [0.15, 0.2) is 11.0 Å². The Kier molecular flexibility index (Phi) is 4.47. The summed E-state index contributed by atoms with van der Waals surface area (Å²) in [6, 6.07) is 0. The number of hydrogen-bond donors (Lipinski definition) is 3. The van der Waals surface area contributed by atoms with Crippen molar-refractivity contribution in [1.82, 2.24) is 9.97 Å². The van der Waals surface area contributed by atoms with Gasteiger partial charge in [-0.3, -0.25) is 0 Å². The number of nitrogens with two attached hydrogens (primary N) is 1. The van der Waals surface area contributed by atoms with Gasteiger partial charge in [0.05, 0.1) is 5.60 Å². The summed E-state index contributed by atoms with van der Waals surface area (Å²) >= 11 is 5.83. The lowest BCUT2D eigenvalue weighted by atomic mass is 9.78. The molecule has 1 aliphatic rings. The molecular weight excluding hydrogens is 264 g/mol. The van der Waals surface area contributed by atoms with E-state index in [2.05, 4.69) is 22.2 Å². The van der Waals surface area contributed by atoms with Crippen LogP contribution in [0.25, 0.3) is 0 Å². The fourth-order valence-corrected chi connectivity index (χ4v) is 2.70. The van der Waals surface area contributed by atoms with Crippen LogP contribution < -0.4 is 11.1 Å². The van der Waals surface area contributed by atoms with Crippen LogP contribution in [0.4, 0.5) is 11.5 Å². The van der Waals surface area contributed by atoms with E-state index in [1.54, 1.807) is 0 Å². The van der Waals surface area contributed by atoms with Gasteiger partial charge in [-0.1, -0.05) is 24.9 Å². The Labute approximate surface area is 118 Å². The molecule has 19 heavy (non-hydrogen) atoms. The largest absolute Gasteiger partial charge is 0.393 e. The van der Waals surface area contributed by atoms with Gasteiger partial charge < -0.3 is 16.2 Å². The summed E-state index contributed by atoms with van der Waals surface area (Å²) in [5, 5.41) is 13.8. The highest BCUT2D eigenvalue weighted by Crippen LogP contribution is 2.34. The van der Waals surface area contributed by atoms with E-state index in [9.17, 15) is 5.11 Å². The van der Waals surface area contributed by atoms with Crippen molar-refractivity contribution >= 4 is 23.1 Å². The minimum Gasteiger partial charge on any atom is -0.393 e. The van der Waals surface area contributed by atoms with Crippen LogP contribution in [-0.2, 0) is 0 Å². The predicted octanol–water partition coefficient (Wildman–Crippen LogP) is 2.46. The highest BCUT2D eigenvalue weighted by molar-refractivity contribution is 6.32. The summed E-state index contributed by atoms with van der Waals surface area (Å²) in [7, 11) is 0. The molecule has 0 radical (unpaired) electrons. The van der Waals surface area contributed by atoms with E-state index < -0.39 is 5.60 Å². The molecule has 0 saturated heterocycles. The molecule has 0 atom stereocenters. The molecule has 0 bridgehead atoms. The van der Waals surface area contributed by atoms with Crippen molar-refractivity contribution in [2.45, 2.75) is 44.6 Å². The molecule has 0 unspecified atom stereocenters. The maximum Gasteiger partial charge on any atom is 0.157 e. The SMILES string of the molecule is CCC1CCC(O)(CNc2ncnc(Cl)c2N)CC1. The number of nitrogens with zero attached hydrogens (tertiary/aromatic N) is 2. The zero-order valence-electron chi connectivity index (χ0n) is 11.2. The van der Waals surface area contributed by atoms with Crippen LogP contribution in [0, 0.1) is 5.92 Å². The highest BCUT2D eigenvalue weighted by atomic mass is 35.5. The van der Waals surface area contributed by atoms with Crippen molar-refractivity contribution in [2.24, 2.45) is 5.92 Å². The van der Waals surface area contributed by atoms with Gasteiger partial charge in [-0.15, -0.1) is 0 Å². The fraction of sp³-hybridized carbons (Fsp3) is 0.692. The molecule has 106 valence electrons. The summed E-state index contributed by atoms with van der Waals surface area (Å²) in [5.74, 6) is 1.24. The molecule has 1 aromatic rings. The second-order valence-corrected chi connectivity index (χ2v) is 5.71. The quantitative estimate of drug-likeness (QED) is 0.740. The topological polar surface area (TPSA) is 84.1 Å². The number of aromatic nitrogens is 2. The summed E-state index contributed by atoms with van der Waals surface area (Å²) < 4.78 is 0.